The minimum Gasteiger partial charge on any atom is -0.378 e. The van der Waals surface area contributed by atoms with E-state index in [1.165, 1.54) is 10.6 Å². The minimum atomic E-state index is -0.409. The van der Waals surface area contributed by atoms with Crippen molar-refractivity contribution in [2.24, 2.45) is 0 Å². The van der Waals surface area contributed by atoms with Gasteiger partial charge in [-0.2, -0.15) is 0 Å². The van der Waals surface area contributed by atoms with Crippen molar-refractivity contribution in [1.29, 1.82) is 0 Å². The first kappa shape index (κ1) is 17.6. The third kappa shape index (κ3) is 3.29. The van der Waals surface area contributed by atoms with Crippen molar-refractivity contribution in [1.82, 2.24) is 19.6 Å². The van der Waals surface area contributed by atoms with E-state index in [0.717, 1.165) is 12.2 Å². The summed E-state index contributed by atoms with van der Waals surface area (Å²) in [6, 6.07) is 5.61. The van der Waals surface area contributed by atoms with Crippen molar-refractivity contribution in [2.75, 3.05) is 20.2 Å². The lowest BCUT2D eigenvalue weighted by molar-refractivity contribution is 0.0752. The SMILES string of the molecule is CO[C@@H]1CN(C(C)C)C[C@H]1NC(=O)c1cnc2cccc(C)n2c1=O. The number of carbonyl (C=O) groups is 1. The highest BCUT2D eigenvalue weighted by atomic mass is 16.5. The number of fused-ring (bicyclic) bond motifs is 1. The Hall–Kier alpha value is -2.25. The molecule has 1 saturated heterocycles. The number of hydrogen-bond acceptors (Lipinski definition) is 5. The number of nitrogens with zero attached hydrogens (tertiary/aromatic N) is 3. The number of carbonyl (C=O) groups excluding carboxylic acids is 1. The molecule has 2 aromatic heterocycles. The molecular weight excluding hydrogens is 320 g/mol. The summed E-state index contributed by atoms with van der Waals surface area (Å²) in [5.41, 5.74) is 0.965. The van der Waals surface area contributed by atoms with Crippen LogP contribution in [0.15, 0.2) is 29.2 Å². The summed E-state index contributed by atoms with van der Waals surface area (Å²) in [5.74, 6) is -0.409. The third-order valence-electron chi connectivity index (χ3n) is 4.81. The molecule has 7 heteroatoms. The van der Waals surface area contributed by atoms with Crippen molar-refractivity contribution in [2.45, 2.75) is 39.0 Å². The molecular formula is C18H24N4O3. The zero-order valence-corrected chi connectivity index (χ0v) is 15.0. The molecule has 0 saturated carbocycles. The van der Waals surface area contributed by atoms with Gasteiger partial charge in [-0.25, -0.2) is 4.98 Å². The van der Waals surface area contributed by atoms with Crippen LogP contribution in [0.25, 0.3) is 5.65 Å². The van der Waals surface area contributed by atoms with E-state index in [9.17, 15) is 9.59 Å². The van der Waals surface area contributed by atoms with E-state index in [0.29, 0.717) is 18.2 Å². The van der Waals surface area contributed by atoms with Gasteiger partial charge in [-0.1, -0.05) is 6.07 Å². The van der Waals surface area contributed by atoms with Gasteiger partial charge in [0, 0.05) is 38.1 Å². The standard InChI is InChI=1S/C18H24N4O3/c1-11(2)21-9-14(15(10-21)25-4)20-17(23)13-8-19-16-7-5-6-12(3)22(16)18(13)24/h5-8,11,14-15H,9-10H2,1-4H3,(H,20,23)/t14-,15-/m1/s1. The summed E-state index contributed by atoms with van der Waals surface area (Å²) in [6.45, 7) is 7.49. The third-order valence-corrected chi connectivity index (χ3v) is 4.81. The van der Waals surface area contributed by atoms with E-state index >= 15 is 0 Å². The van der Waals surface area contributed by atoms with Crippen molar-refractivity contribution in [3.63, 3.8) is 0 Å². The van der Waals surface area contributed by atoms with E-state index in [2.05, 4.69) is 29.0 Å². The summed E-state index contributed by atoms with van der Waals surface area (Å²) in [5, 5.41) is 2.95. The number of amides is 1. The fourth-order valence-electron chi connectivity index (χ4n) is 3.28. The van der Waals surface area contributed by atoms with Crippen LogP contribution in [0.3, 0.4) is 0 Å². The normalized spacial score (nSPS) is 21.2. The monoisotopic (exact) mass is 344 g/mol. The molecule has 0 aromatic carbocycles. The van der Waals surface area contributed by atoms with Crippen molar-refractivity contribution < 1.29 is 9.53 Å². The molecule has 1 amide bonds. The predicted molar refractivity (Wildman–Crippen MR) is 95.0 cm³/mol. The lowest BCUT2D eigenvalue weighted by Gasteiger charge is -2.20. The Morgan fingerprint density at radius 2 is 2.12 bits per heavy atom. The maximum absolute atomic E-state index is 12.7. The highest BCUT2D eigenvalue weighted by Gasteiger charge is 2.35. The van der Waals surface area contributed by atoms with Gasteiger partial charge in [0.15, 0.2) is 0 Å². The Bertz CT molecular complexity index is 846. The smallest absolute Gasteiger partial charge is 0.270 e. The molecule has 1 aliphatic rings. The van der Waals surface area contributed by atoms with Gasteiger partial charge in [-0.3, -0.25) is 18.9 Å². The van der Waals surface area contributed by atoms with E-state index in [1.807, 2.05) is 19.1 Å². The number of likely N-dealkylation sites (tertiary alicyclic amines) is 1. The average Bonchev–Trinajstić information content (AvgIpc) is 2.98. The second kappa shape index (κ2) is 6.93. The first-order valence-corrected chi connectivity index (χ1v) is 8.47. The highest BCUT2D eigenvalue weighted by Crippen LogP contribution is 2.16. The molecule has 1 aliphatic heterocycles. The predicted octanol–water partition coefficient (Wildman–Crippen LogP) is 0.840. The second-order valence-corrected chi connectivity index (χ2v) is 6.74. The summed E-state index contributed by atoms with van der Waals surface area (Å²) in [6.07, 6.45) is 1.26. The second-order valence-electron chi connectivity index (χ2n) is 6.74. The van der Waals surface area contributed by atoms with Gasteiger partial charge in [-0.05, 0) is 32.9 Å². The number of rotatable bonds is 4. The van der Waals surface area contributed by atoms with Crippen LogP contribution in [0, 0.1) is 6.92 Å². The van der Waals surface area contributed by atoms with Crippen LogP contribution in [0.2, 0.25) is 0 Å². The molecule has 1 fully saturated rings. The molecule has 0 radical (unpaired) electrons. The minimum absolute atomic E-state index is 0.0460. The number of methoxy groups -OCH3 is 1. The zero-order valence-electron chi connectivity index (χ0n) is 15.0. The Balaban J connectivity index is 1.87. The van der Waals surface area contributed by atoms with E-state index in [-0.39, 0.29) is 23.3 Å². The Morgan fingerprint density at radius 3 is 2.80 bits per heavy atom. The molecule has 0 spiro atoms. The van der Waals surface area contributed by atoms with Crippen LogP contribution in [0.1, 0.15) is 29.9 Å². The molecule has 1 N–H and O–H groups in total. The molecule has 2 atom stereocenters. The van der Waals surface area contributed by atoms with Crippen molar-refractivity contribution in [3.8, 4) is 0 Å². The molecule has 0 aliphatic carbocycles. The van der Waals surface area contributed by atoms with E-state index in [4.69, 9.17) is 4.74 Å². The van der Waals surface area contributed by atoms with Gasteiger partial charge in [0.05, 0.1) is 12.1 Å². The molecule has 0 bridgehead atoms. The van der Waals surface area contributed by atoms with Gasteiger partial charge in [-0.15, -0.1) is 0 Å². The Morgan fingerprint density at radius 1 is 1.36 bits per heavy atom. The van der Waals surface area contributed by atoms with Crippen LogP contribution >= 0.6 is 0 Å². The number of aromatic nitrogens is 2. The van der Waals surface area contributed by atoms with Crippen LogP contribution in [0.5, 0.6) is 0 Å². The molecule has 134 valence electrons. The summed E-state index contributed by atoms with van der Waals surface area (Å²) in [4.78, 5) is 31.9. The fraction of sp³-hybridized carbons (Fsp3) is 0.500. The Kier molecular flexibility index (Phi) is 4.87. The van der Waals surface area contributed by atoms with Gasteiger partial charge in [0.2, 0.25) is 0 Å². The van der Waals surface area contributed by atoms with Gasteiger partial charge in [0.1, 0.15) is 11.2 Å². The molecule has 0 unspecified atom stereocenters. The lowest BCUT2D eigenvalue weighted by atomic mass is 10.2. The van der Waals surface area contributed by atoms with E-state index in [1.54, 1.807) is 13.2 Å². The quantitative estimate of drug-likeness (QED) is 0.889. The number of hydrogen-bond donors (Lipinski definition) is 1. The number of pyridine rings is 1. The van der Waals surface area contributed by atoms with Crippen LogP contribution in [-0.4, -0.2) is 58.6 Å². The molecule has 3 heterocycles. The highest BCUT2D eigenvalue weighted by molar-refractivity contribution is 5.94. The maximum atomic E-state index is 12.7. The van der Waals surface area contributed by atoms with Crippen LogP contribution in [0.4, 0.5) is 0 Å². The zero-order chi connectivity index (χ0) is 18.1. The largest absolute Gasteiger partial charge is 0.378 e. The number of ether oxygens (including phenoxy) is 1. The Labute approximate surface area is 146 Å². The summed E-state index contributed by atoms with van der Waals surface area (Å²) in [7, 11) is 1.64. The fourth-order valence-corrected chi connectivity index (χ4v) is 3.28. The van der Waals surface area contributed by atoms with E-state index < -0.39 is 5.91 Å². The number of aryl methyl sites for hydroxylation is 1. The number of nitrogens with one attached hydrogen (secondary N) is 1. The van der Waals surface area contributed by atoms with Crippen LogP contribution in [-0.2, 0) is 4.74 Å². The topological polar surface area (TPSA) is 75.9 Å². The van der Waals surface area contributed by atoms with Gasteiger partial charge >= 0.3 is 0 Å². The maximum Gasteiger partial charge on any atom is 0.270 e. The average molecular weight is 344 g/mol. The first-order valence-electron chi connectivity index (χ1n) is 8.47. The molecule has 3 rings (SSSR count). The van der Waals surface area contributed by atoms with Gasteiger partial charge in [0.25, 0.3) is 11.5 Å². The summed E-state index contributed by atoms with van der Waals surface area (Å²) >= 11 is 0. The lowest BCUT2D eigenvalue weighted by Crippen LogP contribution is -2.45. The molecule has 2 aromatic rings. The van der Waals surface area contributed by atoms with Gasteiger partial charge < -0.3 is 10.1 Å². The van der Waals surface area contributed by atoms with Crippen LogP contribution < -0.4 is 10.9 Å². The van der Waals surface area contributed by atoms with Crippen molar-refractivity contribution >= 4 is 11.6 Å². The van der Waals surface area contributed by atoms with Crippen molar-refractivity contribution in [3.05, 3.63) is 46.0 Å². The molecule has 25 heavy (non-hydrogen) atoms. The first-order chi connectivity index (χ1) is 11.9. The molecule has 7 nitrogen and oxygen atoms in total. The summed E-state index contributed by atoms with van der Waals surface area (Å²) < 4.78 is 6.96.